The molecule has 0 saturated heterocycles. The molecular weight excluding hydrogens is 489 g/mol. The molecule has 0 atom stereocenters. The molecule has 11 heteroatoms. The Morgan fingerprint density at radius 3 is 2.49 bits per heavy atom. The average Bonchev–Trinajstić information content (AvgIpc) is 3.54. The lowest BCUT2D eigenvalue weighted by atomic mass is 9.81. The van der Waals surface area contributed by atoms with E-state index in [1.165, 1.54) is 10.7 Å². The van der Waals surface area contributed by atoms with Crippen molar-refractivity contribution < 1.29 is 32.3 Å². The van der Waals surface area contributed by atoms with Gasteiger partial charge in [-0.1, -0.05) is 54.8 Å². The minimum absolute atomic E-state index is 0.0160. The number of benzene rings is 2. The van der Waals surface area contributed by atoms with E-state index >= 15 is 0 Å². The fourth-order valence-corrected chi connectivity index (χ4v) is 4.68. The molecular formula is C26H23F3N4O4. The Balaban J connectivity index is 1.33. The average molecular weight is 512 g/mol. The molecule has 192 valence electrons. The molecule has 1 saturated carbocycles. The van der Waals surface area contributed by atoms with Crippen LogP contribution in [0.5, 0.6) is 5.88 Å². The van der Waals surface area contributed by atoms with Crippen LogP contribution in [0.25, 0.3) is 22.8 Å². The van der Waals surface area contributed by atoms with Crippen molar-refractivity contribution >= 4 is 6.16 Å². The number of rotatable bonds is 6. The summed E-state index contributed by atoms with van der Waals surface area (Å²) in [5.74, 6) is 0.156. The van der Waals surface area contributed by atoms with Gasteiger partial charge in [0.1, 0.15) is 0 Å². The fraction of sp³-hybridized carbons (Fsp3) is 0.308. The highest BCUT2D eigenvalue weighted by Crippen LogP contribution is 2.42. The quantitative estimate of drug-likeness (QED) is 0.284. The summed E-state index contributed by atoms with van der Waals surface area (Å²) >= 11 is 0. The first-order valence-corrected chi connectivity index (χ1v) is 11.8. The van der Waals surface area contributed by atoms with Crippen LogP contribution >= 0.6 is 0 Å². The topological polar surface area (TPSA) is 103 Å². The first kappa shape index (κ1) is 24.5. The Morgan fingerprint density at radius 1 is 1.05 bits per heavy atom. The number of nitrogens with zero attached hydrogens (tertiary/aromatic N) is 4. The van der Waals surface area contributed by atoms with Crippen molar-refractivity contribution in [3.05, 3.63) is 71.4 Å². The molecule has 2 aromatic carbocycles. The minimum atomic E-state index is -4.48. The first-order valence-electron chi connectivity index (χ1n) is 11.8. The second-order valence-corrected chi connectivity index (χ2v) is 8.97. The molecule has 8 nitrogen and oxygen atoms in total. The maximum atomic E-state index is 13.9. The Bertz CT molecular complexity index is 1390. The third-order valence-electron chi connectivity index (χ3n) is 6.44. The van der Waals surface area contributed by atoms with Crippen molar-refractivity contribution in [1.29, 1.82) is 0 Å². The standard InChI is InChI=1S/C26H23F3N4O4/c27-26(28,29)21-14-19(10-11-20(21)17-4-2-1-3-5-17)24-30-23(32-37-24)18-8-6-16(7-9-18)15-33-13-12-22(31-33)36-25(34)35/h6-14,17H,1-5,15H2,(H,34,35). The van der Waals surface area contributed by atoms with E-state index in [-0.39, 0.29) is 29.1 Å². The molecule has 0 amide bonds. The molecule has 37 heavy (non-hydrogen) atoms. The highest BCUT2D eigenvalue weighted by atomic mass is 19.4. The van der Waals surface area contributed by atoms with E-state index in [0.29, 0.717) is 17.7 Å². The Hall–Kier alpha value is -4.15. The van der Waals surface area contributed by atoms with Crippen molar-refractivity contribution in [2.75, 3.05) is 0 Å². The predicted molar refractivity (Wildman–Crippen MR) is 126 cm³/mol. The van der Waals surface area contributed by atoms with E-state index < -0.39 is 17.9 Å². The molecule has 0 spiro atoms. The maximum absolute atomic E-state index is 13.9. The van der Waals surface area contributed by atoms with Crippen molar-refractivity contribution in [2.45, 2.75) is 50.7 Å². The largest absolute Gasteiger partial charge is 0.512 e. The van der Waals surface area contributed by atoms with Crippen molar-refractivity contribution in [3.8, 4) is 28.7 Å². The Labute approximate surface area is 209 Å². The van der Waals surface area contributed by atoms with Crippen LogP contribution in [0.4, 0.5) is 18.0 Å². The number of carboxylic acid groups (broad SMARTS) is 1. The third kappa shape index (κ3) is 5.65. The Kier molecular flexibility index (Phi) is 6.68. The third-order valence-corrected chi connectivity index (χ3v) is 6.44. The van der Waals surface area contributed by atoms with Gasteiger partial charge in [-0.25, -0.2) is 4.79 Å². The second kappa shape index (κ2) is 10.1. The maximum Gasteiger partial charge on any atom is 0.512 e. The molecule has 1 aliphatic rings. The molecule has 2 heterocycles. The number of aromatic nitrogens is 4. The number of hydrogen-bond acceptors (Lipinski definition) is 6. The summed E-state index contributed by atoms with van der Waals surface area (Å²) in [6.07, 6.45) is 0.150. The smallest absolute Gasteiger partial charge is 0.449 e. The van der Waals surface area contributed by atoms with Gasteiger partial charge in [0.15, 0.2) is 0 Å². The van der Waals surface area contributed by atoms with Gasteiger partial charge in [-0.3, -0.25) is 4.68 Å². The predicted octanol–water partition coefficient (Wildman–Crippen LogP) is 6.77. The monoisotopic (exact) mass is 512 g/mol. The number of carbonyl (C=O) groups is 1. The first-order chi connectivity index (χ1) is 17.8. The molecule has 1 fully saturated rings. The number of hydrogen-bond donors (Lipinski definition) is 1. The number of ether oxygens (including phenoxy) is 1. The molecule has 2 aromatic heterocycles. The fourth-order valence-electron chi connectivity index (χ4n) is 4.68. The van der Waals surface area contributed by atoms with Crippen LogP contribution in [0, 0.1) is 0 Å². The zero-order valence-electron chi connectivity index (χ0n) is 19.6. The van der Waals surface area contributed by atoms with Gasteiger partial charge in [-0.2, -0.15) is 18.2 Å². The lowest BCUT2D eigenvalue weighted by Crippen LogP contribution is -2.14. The van der Waals surface area contributed by atoms with Gasteiger partial charge in [0, 0.05) is 23.4 Å². The van der Waals surface area contributed by atoms with E-state index in [1.807, 2.05) is 12.1 Å². The highest BCUT2D eigenvalue weighted by molar-refractivity contribution is 5.62. The van der Waals surface area contributed by atoms with Crippen LogP contribution in [-0.2, 0) is 12.7 Å². The van der Waals surface area contributed by atoms with Crippen LogP contribution in [0.3, 0.4) is 0 Å². The van der Waals surface area contributed by atoms with E-state index in [1.54, 1.807) is 30.5 Å². The molecule has 0 aliphatic heterocycles. The van der Waals surface area contributed by atoms with Crippen molar-refractivity contribution in [3.63, 3.8) is 0 Å². The summed E-state index contributed by atoms with van der Waals surface area (Å²) in [7, 11) is 0. The van der Waals surface area contributed by atoms with E-state index in [9.17, 15) is 18.0 Å². The second-order valence-electron chi connectivity index (χ2n) is 8.97. The molecule has 0 radical (unpaired) electrons. The molecule has 4 aromatic rings. The molecule has 0 bridgehead atoms. The molecule has 5 rings (SSSR count). The summed E-state index contributed by atoms with van der Waals surface area (Å²) in [6.45, 7) is 0.369. The highest BCUT2D eigenvalue weighted by Gasteiger charge is 2.36. The van der Waals surface area contributed by atoms with Gasteiger partial charge in [0.2, 0.25) is 11.7 Å². The minimum Gasteiger partial charge on any atom is -0.449 e. The lowest BCUT2D eigenvalue weighted by Gasteiger charge is -2.25. The van der Waals surface area contributed by atoms with Crippen molar-refractivity contribution in [2.24, 2.45) is 0 Å². The Morgan fingerprint density at radius 2 is 1.78 bits per heavy atom. The van der Waals surface area contributed by atoms with Gasteiger partial charge in [-0.15, -0.1) is 5.10 Å². The molecule has 0 unspecified atom stereocenters. The zero-order valence-corrected chi connectivity index (χ0v) is 19.6. The lowest BCUT2D eigenvalue weighted by molar-refractivity contribution is -0.138. The summed E-state index contributed by atoms with van der Waals surface area (Å²) in [4.78, 5) is 14.9. The van der Waals surface area contributed by atoms with Crippen LogP contribution < -0.4 is 4.74 Å². The van der Waals surface area contributed by atoms with E-state index in [2.05, 4.69) is 20.0 Å². The SMILES string of the molecule is O=C(O)Oc1ccn(Cc2ccc(-c3noc(-c4ccc(C5CCCCC5)c(C(F)(F)F)c4)n3)cc2)n1. The van der Waals surface area contributed by atoms with Gasteiger partial charge >= 0.3 is 12.3 Å². The van der Waals surface area contributed by atoms with Gasteiger partial charge in [-0.05, 0) is 42.0 Å². The summed E-state index contributed by atoms with van der Waals surface area (Å²) in [6, 6.07) is 12.9. The molecule has 1 aliphatic carbocycles. The summed E-state index contributed by atoms with van der Waals surface area (Å²) in [5, 5.41) is 16.6. The summed E-state index contributed by atoms with van der Waals surface area (Å²) in [5.41, 5.74) is 1.41. The van der Waals surface area contributed by atoms with Gasteiger partial charge < -0.3 is 14.4 Å². The number of alkyl halides is 3. The van der Waals surface area contributed by atoms with Crippen molar-refractivity contribution in [1.82, 2.24) is 19.9 Å². The van der Waals surface area contributed by atoms with E-state index in [0.717, 1.165) is 43.7 Å². The molecule has 1 N–H and O–H groups in total. The van der Waals surface area contributed by atoms with Gasteiger partial charge in [0.05, 0.1) is 12.1 Å². The summed E-state index contributed by atoms with van der Waals surface area (Å²) < 4.78 is 53.1. The van der Waals surface area contributed by atoms with Crippen LogP contribution in [0.2, 0.25) is 0 Å². The van der Waals surface area contributed by atoms with E-state index in [4.69, 9.17) is 9.63 Å². The number of halogens is 3. The van der Waals surface area contributed by atoms with Crippen LogP contribution in [0.15, 0.2) is 59.3 Å². The van der Waals surface area contributed by atoms with Crippen LogP contribution in [0.1, 0.15) is 54.7 Å². The van der Waals surface area contributed by atoms with Gasteiger partial charge in [0.25, 0.3) is 5.89 Å². The zero-order chi connectivity index (χ0) is 26.0. The normalized spacial score (nSPS) is 14.6. The van der Waals surface area contributed by atoms with Crippen LogP contribution in [-0.4, -0.2) is 31.2 Å².